The normalized spacial score (nSPS) is 16.7. The van der Waals surface area contributed by atoms with E-state index in [9.17, 15) is 0 Å². The number of hydrogen-bond acceptors (Lipinski definition) is 5. The molecule has 1 aliphatic carbocycles. The predicted octanol–water partition coefficient (Wildman–Crippen LogP) is 1.61. The van der Waals surface area contributed by atoms with Gasteiger partial charge in [-0.15, -0.1) is 12.4 Å². The lowest BCUT2D eigenvalue weighted by Gasteiger charge is -2.25. The van der Waals surface area contributed by atoms with Gasteiger partial charge in [0.25, 0.3) is 0 Å². The van der Waals surface area contributed by atoms with Crippen LogP contribution in [0, 0.1) is 5.92 Å². The highest BCUT2D eigenvalue weighted by atomic mass is 35.5. The molecule has 0 spiro atoms. The summed E-state index contributed by atoms with van der Waals surface area (Å²) in [6.07, 6.45) is 4.53. The van der Waals surface area contributed by atoms with Gasteiger partial charge in [0.15, 0.2) is 5.82 Å². The second-order valence-corrected chi connectivity index (χ2v) is 4.91. The van der Waals surface area contributed by atoms with Crippen LogP contribution in [0.4, 0.5) is 0 Å². The third kappa shape index (κ3) is 3.93. The molecule has 104 valence electrons. The van der Waals surface area contributed by atoms with Crippen LogP contribution in [0.1, 0.15) is 37.9 Å². The molecule has 0 amide bonds. The summed E-state index contributed by atoms with van der Waals surface area (Å²) in [4.78, 5) is 6.61. The van der Waals surface area contributed by atoms with E-state index in [0.717, 1.165) is 24.6 Å². The maximum absolute atomic E-state index is 5.81. The maximum Gasteiger partial charge on any atom is 0.240 e. The lowest BCUT2D eigenvalue weighted by Crippen LogP contribution is -2.39. The summed E-state index contributed by atoms with van der Waals surface area (Å²) in [6.45, 7) is 3.52. The van der Waals surface area contributed by atoms with E-state index < -0.39 is 0 Å². The van der Waals surface area contributed by atoms with Crippen molar-refractivity contribution in [1.29, 1.82) is 0 Å². The molecule has 18 heavy (non-hydrogen) atoms. The van der Waals surface area contributed by atoms with Gasteiger partial charge in [0.2, 0.25) is 5.89 Å². The first-order valence-corrected chi connectivity index (χ1v) is 6.46. The van der Waals surface area contributed by atoms with Gasteiger partial charge in [-0.05, 0) is 32.2 Å². The van der Waals surface area contributed by atoms with Crippen LogP contribution in [0.2, 0.25) is 0 Å². The van der Waals surface area contributed by atoms with Crippen LogP contribution in [0.5, 0.6) is 0 Å². The molecule has 1 heterocycles. The highest BCUT2D eigenvalue weighted by molar-refractivity contribution is 5.85. The van der Waals surface area contributed by atoms with Crippen molar-refractivity contribution in [2.45, 2.75) is 45.2 Å². The molecule has 0 aliphatic heterocycles. The number of likely N-dealkylation sites (N-methyl/N-ethyl adjacent to an activating group) is 1. The average Bonchev–Trinajstić information content (AvgIpc) is 3.03. The number of nitrogens with two attached hydrogens (primary N) is 1. The van der Waals surface area contributed by atoms with Crippen molar-refractivity contribution in [2.75, 3.05) is 13.6 Å². The van der Waals surface area contributed by atoms with Crippen LogP contribution in [0.3, 0.4) is 0 Å². The van der Waals surface area contributed by atoms with E-state index in [2.05, 4.69) is 29.0 Å². The zero-order valence-corrected chi connectivity index (χ0v) is 11.9. The highest BCUT2D eigenvalue weighted by Crippen LogP contribution is 2.34. The fourth-order valence-electron chi connectivity index (χ4n) is 2.22. The van der Waals surface area contributed by atoms with Crippen molar-refractivity contribution >= 4 is 12.4 Å². The quantitative estimate of drug-likeness (QED) is 0.818. The Labute approximate surface area is 115 Å². The van der Waals surface area contributed by atoms with Gasteiger partial charge in [0.1, 0.15) is 0 Å². The summed E-state index contributed by atoms with van der Waals surface area (Å²) in [5.74, 6) is 2.28. The molecule has 1 unspecified atom stereocenters. The Balaban J connectivity index is 0.00000162. The van der Waals surface area contributed by atoms with E-state index in [4.69, 9.17) is 10.3 Å². The van der Waals surface area contributed by atoms with Crippen LogP contribution in [-0.2, 0) is 13.0 Å². The van der Waals surface area contributed by atoms with Crippen molar-refractivity contribution in [1.82, 2.24) is 15.0 Å². The lowest BCUT2D eigenvalue weighted by molar-refractivity contribution is 0.189. The summed E-state index contributed by atoms with van der Waals surface area (Å²) < 4.78 is 5.24. The topological polar surface area (TPSA) is 68.2 Å². The van der Waals surface area contributed by atoms with Gasteiger partial charge in [-0.1, -0.05) is 12.1 Å². The van der Waals surface area contributed by atoms with Gasteiger partial charge < -0.3 is 10.3 Å². The monoisotopic (exact) mass is 274 g/mol. The summed E-state index contributed by atoms with van der Waals surface area (Å²) in [7, 11) is 2.08. The van der Waals surface area contributed by atoms with Crippen molar-refractivity contribution in [3.63, 3.8) is 0 Å². The first-order valence-electron chi connectivity index (χ1n) is 6.46. The average molecular weight is 275 g/mol. The van der Waals surface area contributed by atoms with Crippen LogP contribution in [-0.4, -0.2) is 34.7 Å². The van der Waals surface area contributed by atoms with Gasteiger partial charge in [-0.25, -0.2) is 0 Å². The van der Waals surface area contributed by atoms with Crippen LogP contribution < -0.4 is 5.73 Å². The molecule has 1 atom stereocenters. The molecule has 0 bridgehead atoms. The van der Waals surface area contributed by atoms with Gasteiger partial charge >= 0.3 is 0 Å². The molecule has 1 aromatic heterocycles. The molecule has 0 radical (unpaired) electrons. The van der Waals surface area contributed by atoms with E-state index in [-0.39, 0.29) is 12.4 Å². The molecular formula is C12H23ClN4O. The number of nitrogens with zero attached hydrogens (tertiary/aromatic N) is 3. The molecule has 6 heteroatoms. The summed E-state index contributed by atoms with van der Waals surface area (Å²) >= 11 is 0. The maximum atomic E-state index is 5.81. The second-order valence-electron chi connectivity index (χ2n) is 4.91. The number of halogens is 1. The summed E-state index contributed by atoms with van der Waals surface area (Å²) in [5.41, 5.74) is 5.81. The Morgan fingerprint density at radius 3 is 2.78 bits per heavy atom. The molecule has 1 fully saturated rings. The molecular weight excluding hydrogens is 252 g/mol. The smallest absolute Gasteiger partial charge is 0.240 e. The van der Waals surface area contributed by atoms with E-state index in [1.165, 1.54) is 12.8 Å². The van der Waals surface area contributed by atoms with Gasteiger partial charge in [-0.3, -0.25) is 4.90 Å². The van der Waals surface area contributed by atoms with Crippen LogP contribution in [0.25, 0.3) is 0 Å². The van der Waals surface area contributed by atoms with Crippen molar-refractivity contribution in [3.05, 3.63) is 11.7 Å². The molecule has 0 saturated heterocycles. The molecule has 1 saturated carbocycles. The van der Waals surface area contributed by atoms with Crippen molar-refractivity contribution < 1.29 is 4.52 Å². The number of rotatable bonds is 7. The Morgan fingerprint density at radius 2 is 2.22 bits per heavy atom. The Kier molecular flexibility index (Phi) is 6.05. The van der Waals surface area contributed by atoms with Gasteiger partial charge in [0, 0.05) is 19.0 Å². The van der Waals surface area contributed by atoms with E-state index in [1.54, 1.807) is 0 Å². The highest BCUT2D eigenvalue weighted by Gasteiger charge is 2.33. The summed E-state index contributed by atoms with van der Waals surface area (Å²) in [5, 5.41) is 3.96. The first kappa shape index (κ1) is 15.4. The minimum atomic E-state index is 0. The number of hydrogen-bond donors (Lipinski definition) is 1. The first-order chi connectivity index (χ1) is 8.24. The zero-order chi connectivity index (χ0) is 12.3. The molecule has 5 nitrogen and oxygen atoms in total. The largest absolute Gasteiger partial charge is 0.338 e. The Hall–Kier alpha value is -0.650. The third-order valence-corrected chi connectivity index (χ3v) is 3.34. The standard InChI is InChI=1S/C12H22N4O.ClH/c1-3-4-11-14-12(17-15-11)8-16(2)10(7-13)9-5-6-9;/h9-10H,3-8,13H2,1-2H3;1H. The Morgan fingerprint density at radius 1 is 1.50 bits per heavy atom. The Bertz CT molecular complexity index is 354. The second kappa shape index (κ2) is 7.07. The van der Waals surface area contributed by atoms with Crippen molar-refractivity contribution in [3.8, 4) is 0 Å². The summed E-state index contributed by atoms with van der Waals surface area (Å²) in [6, 6.07) is 0.455. The van der Waals surface area contributed by atoms with Crippen LogP contribution in [0.15, 0.2) is 4.52 Å². The fourth-order valence-corrected chi connectivity index (χ4v) is 2.22. The minimum absolute atomic E-state index is 0. The molecule has 0 aromatic carbocycles. The predicted molar refractivity (Wildman–Crippen MR) is 72.6 cm³/mol. The zero-order valence-electron chi connectivity index (χ0n) is 11.1. The molecule has 1 aliphatic rings. The molecule has 2 rings (SSSR count). The van der Waals surface area contributed by atoms with Gasteiger partial charge in [0.05, 0.1) is 6.54 Å². The fraction of sp³-hybridized carbons (Fsp3) is 0.833. The number of aryl methyl sites for hydroxylation is 1. The molecule has 1 aromatic rings. The van der Waals surface area contributed by atoms with E-state index >= 15 is 0 Å². The third-order valence-electron chi connectivity index (χ3n) is 3.34. The van der Waals surface area contributed by atoms with Crippen LogP contribution >= 0.6 is 12.4 Å². The van der Waals surface area contributed by atoms with E-state index in [0.29, 0.717) is 25.0 Å². The van der Waals surface area contributed by atoms with Gasteiger partial charge in [-0.2, -0.15) is 4.98 Å². The minimum Gasteiger partial charge on any atom is -0.338 e. The van der Waals surface area contributed by atoms with Crippen molar-refractivity contribution in [2.24, 2.45) is 11.7 Å². The number of aromatic nitrogens is 2. The molecule has 2 N–H and O–H groups in total. The lowest BCUT2D eigenvalue weighted by atomic mass is 10.1. The SMILES string of the molecule is CCCc1noc(CN(C)C(CN)C2CC2)n1.Cl. The van der Waals surface area contributed by atoms with E-state index in [1.807, 2.05) is 0 Å².